The van der Waals surface area contributed by atoms with E-state index in [1.165, 1.54) is 7.11 Å². The van der Waals surface area contributed by atoms with E-state index in [0.717, 1.165) is 32.1 Å². The first-order valence-corrected chi connectivity index (χ1v) is 6.79. The molecule has 0 saturated heterocycles. The molecule has 1 N–H and O–H groups in total. The first-order valence-electron chi connectivity index (χ1n) is 6.79. The zero-order chi connectivity index (χ0) is 13.3. The summed E-state index contributed by atoms with van der Waals surface area (Å²) in [5, 5.41) is 10.4. The molecule has 0 saturated carbocycles. The summed E-state index contributed by atoms with van der Waals surface area (Å²) in [7, 11) is 1.39. The molecular formula is C14H28O3. The van der Waals surface area contributed by atoms with Gasteiger partial charge in [-0.2, -0.15) is 0 Å². The first kappa shape index (κ1) is 16.4. The van der Waals surface area contributed by atoms with E-state index in [1.807, 2.05) is 0 Å². The summed E-state index contributed by atoms with van der Waals surface area (Å²) in [5.74, 6) is -0.663. The van der Waals surface area contributed by atoms with Gasteiger partial charge in [0.2, 0.25) is 0 Å². The van der Waals surface area contributed by atoms with Gasteiger partial charge >= 0.3 is 5.97 Å². The first-order chi connectivity index (χ1) is 7.99. The summed E-state index contributed by atoms with van der Waals surface area (Å²) in [6, 6.07) is 0. The van der Waals surface area contributed by atoms with E-state index in [9.17, 15) is 9.90 Å². The Morgan fingerprint density at radius 1 is 1.24 bits per heavy atom. The number of aliphatic hydroxyl groups is 1. The zero-order valence-corrected chi connectivity index (χ0v) is 11.8. The van der Waals surface area contributed by atoms with Crippen molar-refractivity contribution in [3.05, 3.63) is 0 Å². The van der Waals surface area contributed by atoms with Gasteiger partial charge in [0.1, 0.15) is 0 Å². The van der Waals surface area contributed by atoms with Gasteiger partial charge in [0.15, 0.2) is 0 Å². The van der Waals surface area contributed by atoms with Crippen molar-refractivity contribution in [2.24, 2.45) is 5.92 Å². The lowest BCUT2D eigenvalue weighted by Gasteiger charge is -2.31. The lowest BCUT2D eigenvalue weighted by Crippen LogP contribution is -2.40. The van der Waals surface area contributed by atoms with E-state index in [4.69, 9.17) is 4.74 Å². The smallest absolute Gasteiger partial charge is 0.311 e. The molecule has 0 aromatic heterocycles. The van der Waals surface area contributed by atoms with Crippen LogP contribution in [0.15, 0.2) is 0 Å². The van der Waals surface area contributed by atoms with Gasteiger partial charge in [-0.25, -0.2) is 0 Å². The molecule has 0 spiro atoms. The molecule has 0 aliphatic heterocycles. The maximum atomic E-state index is 11.7. The Morgan fingerprint density at radius 2 is 1.82 bits per heavy atom. The summed E-state index contributed by atoms with van der Waals surface area (Å²) >= 11 is 0. The molecule has 0 heterocycles. The minimum atomic E-state index is -0.933. The molecule has 0 amide bonds. The highest BCUT2D eigenvalue weighted by Crippen LogP contribution is 2.29. The molecule has 0 aliphatic carbocycles. The standard InChI is InChI=1S/C14H28O3/c1-5-7-9-11-14(3,16)12(10-8-6-2)13(15)17-4/h12,16H,5-11H2,1-4H3. The maximum absolute atomic E-state index is 11.7. The van der Waals surface area contributed by atoms with Gasteiger partial charge in [0, 0.05) is 0 Å². The highest BCUT2D eigenvalue weighted by atomic mass is 16.5. The molecule has 0 aromatic carbocycles. The van der Waals surface area contributed by atoms with Crippen molar-refractivity contribution in [3.8, 4) is 0 Å². The third-order valence-electron chi connectivity index (χ3n) is 3.37. The monoisotopic (exact) mass is 244 g/mol. The Hall–Kier alpha value is -0.570. The van der Waals surface area contributed by atoms with E-state index in [1.54, 1.807) is 6.92 Å². The fourth-order valence-corrected chi connectivity index (χ4v) is 2.14. The average Bonchev–Trinajstić information content (AvgIpc) is 2.29. The number of hydrogen-bond acceptors (Lipinski definition) is 3. The Bertz CT molecular complexity index is 212. The third kappa shape index (κ3) is 6.06. The van der Waals surface area contributed by atoms with Gasteiger partial charge in [-0.3, -0.25) is 4.79 Å². The van der Waals surface area contributed by atoms with Crippen LogP contribution in [0.4, 0.5) is 0 Å². The van der Waals surface area contributed by atoms with Crippen LogP contribution in [0.5, 0.6) is 0 Å². The number of ether oxygens (including phenoxy) is 1. The van der Waals surface area contributed by atoms with Crippen LogP contribution >= 0.6 is 0 Å². The van der Waals surface area contributed by atoms with Gasteiger partial charge in [-0.15, -0.1) is 0 Å². The van der Waals surface area contributed by atoms with Crippen LogP contribution in [-0.4, -0.2) is 23.8 Å². The molecule has 0 aromatic rings. The van der Waals surface area contributed by atoms with E-state index < -0.39 is 5.60 Å². The fraction of sp³-hybridized carbons (Fsp3) is 0.929. The van der Waals surface area contributed by atoms with Crippen LogP contribution in [-0.2, 0) is 9.53 Å². The van der Waals surface area contributed by atoms with Crippen molar-refractivity contribution >= 4 is 5.97 Å². The average molecular weight is 244 g/mol. The quantitative estimate of drug-likeness (QED) is 0.500. The Kier molecular flexibility index (Phi) is 8.23. The molecular weight excluding hydrogens is 216 g/mol. The number of carbonyl (C=O) groups is 1. The molecule has 3 nitrogen and oxygen atoms in total. The number of carbonyl (C=O) groups excluding carboxylic acids is 1. The molecule has 0 aliphatic rings. The van der Waals surface area contributed by atoms with Crippen LogP contribution in [0.2, 0.25) is 0 Å². The Morgan fingerprint density at radius 3 is 2.29 bits per heavy atom. The molecule has 0 fully saturated rings. The zero-order valence-electron chi connectivity index (χ0n) is 11.8. The topological polar surface area (TPSA) is 46.5 Å². The van der Waals surface area contributed by atoms with Crippen LogP contribution in [0, 0.1) is 5.92 Å². The number of unbranched alkanes of at least 4 members (excludes halogenated alkanes) is 3. The van der Waals surface area contributed by atoms with Crippen LogP contribution in [0.1, 0.15) is 65.7 Å². The van der Waals surface area contributed by atoms with Gasteiger partial charge < -0.3 is 9.84 Å². The van der Waals surface area contributed by atoms with E-state index in [0.29, 0.717) is 12.8 Å². The molecule has 102 valence electrons. The fourth-order valence-electron chi connectivity index (χ4n) is 2.14. The second-order valence-electron chi connectivity index (χ2n) is 5.03. The molecule has 3 heteroatoms. The number of rotatable bonds is 9. The van der Waals surface area contributed by atoms with Crippen molar-refractivity contribution in [1.29, 1.82) is 0 Å². The third-order valence-corrected chi connectivity index (χ3v) is 3.37. The van der Waals surface area contributed by atoms with E-state index >= 15 is 0 Å². The summed E-state index contributed by atoms with van der Waals surface area (Å²) in [5.41, 5.74) is -0.933. The molecule has 2 unspecified atom stereocenters. The summed E-state index contributed by atoms with van der Waals surface area (Å²) < 4.78 is 4.80. The predicted molar refractivity (Wildman–Crippen MR) is 69.8 cm³/mol. The molecule has 0 rings (SSSR count). The van der Waals surface area contributed by atoms with Crippen molar-refractivity contribution in [1.82, 2.24) is 0 Å². The predicted octanol–water partition coefficient (Wildman–Crippen LogP) is 3.30. The van der Waals surface area contributed by atoms with Gasteiger partial charge in [-0.1, -0.05) is 46.0 Å². The van der Waals surface area contributed by atoms with Crippen molar-refractivity contribution in [3.63, 3.8) is 0 Å². The number of esters is 1. The molecule has 0 radical (unpaired) electrons. The van der Waals surface area contributed by atoms with Crippen LogP contribution < -0.4 is 0 Å². The Labute approximate surface area is 106 Å². The van der Waals surface area contributed by atoms with Crippen molar-refractivity contribution in [2.75, 3.05) is 7.11 Å². The minimum Gasteiger partial charge on any atom is -0.469 e. The molecule has 17 heavy (non-hydrogen) atoms. The molecule has 0 bridgehead atoms. The van der Waals surface area contributed by atoms with Crippen LogP contribution in [0.3, 0.4) is 0 Å². The summed E-state index contributed by atoms with van der Waals surface area (Å²) in [6.45, 7) is 5.98. The second-order valence-corrected chi connectivity index (χ2v) is 5.03. The van der Waals surface area contributed by atoms with Crippen LogP contribution in [0.25, 0.3) is 0 Å². The van der Waals surface area contributed by atoms with Gasteiger partial charge in [0.25, 0.3) is 0 Å². The Balaban J connectivity index is 4.46. The maximum Gasteiger partial charge on any atom is 0.311 e. The largest absolute Gasteiger partial charge is 0.469 e. The van der Waals surface area contributed by atoms with Gasteiger partial charge in [0.05, 0.1) is 18.6 Å². The highest BCUT2D eigenvalue weighted by Gasteiger charge is 2.36. The van der Waals surface area contributed by atoms with E-state index in [-0.39, 0.29) is 11.9 Å². The van der Waals surface area contributed by atoms with Crippen molar-refractivity contribution < 1.29 is 14.6 Å². The van der Waals surface area contributed by atoms with E-state index in [2.05, 4.69) is 13.8 Å². The van der Waals surface area contributed by atoms with Gasteiger partial charge in [-0.05, 0) is 19.8 Å². The summed E-state index contributed by atoms with van der Waals surface area (Å²) in [4.78, 5) is 11.7. The minimum absolute atomic E-state index is 0.278. The lowest BCUT2D eigenvalue weighted by atomic mass is 9.81. The molecule has 2 atom stereocenters. The SMILES string of the molecule is CCCCCC(C)(O)C(CCCC)C(=O)OC. The normalized spacial score (nSPS) is 16.3. The van der Waals surface area contributed by atoms with Crippen molar-refractivity contribution in [2.45, 2.75) is 71.3 Å². The summed E-state index contributed by atoms with van der Waals surface area (Å²) in [6.07, 6.45) is 6.53. The number of hydrogen-bond donors (Lipinski definition) is 1. The number of methoxy groups -OCH3 is 1. The second kappa shape index (κ2) is 8.51. The lowest BCUT2D eigenvalue weighted by molar-refractivity contribution is -0.156. The highest BCUT2D eigenvalue weighted by molar-refractivity contribution is 5.73.